The monoisotopic (exact) mass is 468 g/mol. The van der Waals surface area contributed by atoms with Crippen LogP contribution in [-0.4, -0.2) is 44.4 Å². The van der Waals surface area contributed by atoms with Crippen LogP contribution in [0.4, 0.5) is 13.2 Å². The number of piperidine rings is 2. The van der Waals surface area contributed by atoms with E-state index in [9.17, 15) is 18.0 Å². The minimum Gasteiger partial charge on any atom is -0.475 e. The van der Waals surface area contributed by atoms with Crippen molar-refractivity contribution in [1.29, 1.82) is 0 Å². The van der Waals surface area contributed by atoms with Crippen LogP contribution in [0.25, 0.3) is 11.4 Å². The molecule has 1 aromatic carbocycles. The van der Waals surface area contributed by atoms with Gasteiger partial charge in [-0.1, -0.05) is 17.7 Å². The van der Waals surface area contributed by atoms with Crippen molar-refractivity contribution in [3.63, 3.8) is 0 Å². The molecule has 0 N–H and O–H groups in total. The highest BCUT2D eigenvalue weighted by atomic mass is 19.4. The van der Waals surface area contributed by atoms with Crippen molar-refractivity contribution in [2.24, 2.45) is 5.92 Å². The number of benzene rings is 1. The van der Waals surface area contributed by atoms with Gasteiger partial charge in [-0.2, -0.15) is 13.2 Å². The second-order valence-corrected chi connectivity index (χ2v) is 8.91. The van der Waals surface area contributed by atoms with Gasteiger partial charge >= 0.3 is 6.18 Å². The van der Waals surface area contributed by atoms with Crippen molar-refractivity contribution >= 4 is 5.91 Å². The van der Waals surface area contributed by atoms with E-state index in [1.54, 1.807) is 18.5 Å². The van der Waals surface area contributed by atoms with Crippen molar-refractivity contribution in [2.75, 3.05) is 6.61 Å². The Morgan fingerprint density at radius 2 is 1.85 bits per heavy atom. The first-order valence-corrected chi connectivity index (χ1v) is 11.2. The zero-order chi connectivity index (χ0) is 23.9. The molecule has 1 amide bonds. The number of carbonyl (C=O) groups excluding carboxylic acids is 1. The third-order valence-electron chi connectivity index (χ3n) is 6.54. The largest absolute Gasteiger partial charge is 0.475 e. The maximum Gasteiger partial charge on any atom is 0.417 e. The molecular formula is C25H23F3N4O2. The maximum absolute atomic E-state index is 13.8. The number of halogens is 3. The molecule has 2 saturated heterocycles. The highest BCUT2D eigenvalue weighted by molar-refractivity contribution is 6.00. The molecule has 3 aliphatic rings. The molecule has 2 aliphatic heterocycles. The lowest BCUT2D eigenvalue weighted by Crippen LogP contribution is -2.60. The number of carbonyl (C=O) groups is 1. The van der Waals surface area contributed by atoms with Crippen LogP contribution in [-0.2, 0) is 6.18 Å². The van der Waals surface area contributed by atoms with Gasteiger partial charge in [0.25, 0.3) is 5.91 Å². The Kier molecular flexibility index (Phi) is 5.71. The highest BCUT2D eigenvalue weighted by Gasteiger charge is 2.47. The molecule has 3 aromatic rings. The van der Waals surface area contributed by atoms with Crippen LogP contribution in [0.3, 0.4) is 0 Å². The molecule has 0 spiro atoms. The normalized spacial score (nSPS) is 21.6. The third kappa shape index (κ3) is 4.34. The van der Waals surface area contributed by atoms with Gasteiger partial charge in [0.2, 0.25) is 5.88 Å². The van der Waals surface area contributed by atoms with Gasteiger partial charge in [-0.05, 0) is 50.3 Å². The van der Waals surface area contributed by atoms with Crippen molar-refractivity contribution in [2.45, 2.75) is 44.4 Å². The first-order chi connectivity index (χ1) is 16.3. The van der Waals surface area contributed by atoms with Gasteiger partial charge in [0.1, 0.15) is 6.61 Å². The van der Waals surface area contributed by atoms with Crippen LogP contribution in [0.5, 0.6) is 5.88 Å². The molecule has 2 aromatic heterocycles. The number of ether oxygens (including phenoxy) is 1. The number of pyridine rings is 1. The number of hydrogen-bond donors (Lipinski definition) is 0. The first kappa shape index (κ1) is 22.3. The predicted molar refractivity (Wildman–Crippen MR) is 118 cm³/mol. The Morgan fingerprint density at radius 3 is 2.53 bits per heavy atom. The molecule has 6 rings (SSSR count). The molecule has 9 heteroatoms. The molecule has 176 valence electrons. The number of rotatable bonds is 5. The minimum absolute atomic E-state index is 0.105. The van der Waals surface area contributed by atoms with E-state index in [2.05, 4.69) is 15.0 Å². The van der Waals surface area contributed by atoms with E-state index in [1.165, 1.54) is 6.07 Å². The summed E-state index contributed by atoms with van der Waals surface area (Å²) in [6.45, 7) is 2.10. The second-order valence-electron chi connectivity index (χ2n) is 8.91. The molecule has 1 aliphatic carbocycles. The van der Waals surface area contributed by atoms with Gasteiger partial charge in [-0.3, -0.25) is 4.79 Å². The maximum atomic E-state index is 13.8. The molecule has 0 unspecified atom stereocenters. The van der Waals surface area contributed by atoms with E-state index in [0.29, 0.717) is 22.9 Å². The lowest BCUT2D eigenvalue weighted by atomic mass is 9.70. The van der Waals surface area contributed by atoms with Crippen LogP contribution < -0.4 is 4.74 Å². The summed E-state index contributed by atoms with van der Waals surface area (Å²) in [6, 6.07) is 9.45. The van der Waals surface area contributed by atoms with Gasteiger partial charge in [-0.15, -0.1) is 0 Å². The molecule has 4 heterocycles. The Hall–Kier alpha value is -3.49. The molecule has 3 fully saturated rings. The zero-order valence-corrected chi connectivity index (χ0v) is 18.5. The van der Waals surface area contributed by atoms with Crippen molar-refractivity contribution in [3.05, 3.63) is 71.7 Å². The van der Waals surface area contributed by atoms with Gasteiger partial charge in [0.05, 0.1) is 17.2 Å². The van der Waals surface area contributed by atoms with Crippen LogP contribution in [0.1, 0.15) is 40.7 Å². The number of hydrogen-bond acceptors (Lipinski definition) is 5. The summed E-state index contributed by atoms with van der Waals surface area (Å²) < 4.78 is 44.1. The third-order valence-corrected chi connectivity index (χ3v) is 6.54. The summed E-state index contributed by atoms with van der Waals surface area (Å²) >= 11 is 0. The van der Waals surface area contributed by atoms with Crippen LogP contribution in [0, 0.1) is 12.8 Å². The molecular weight excluding hydrogens is 445 g/mol. The number of nitrogens with zero attached hydrogens (tertiary/aromatic N) is 4. The fourth-order valence-corrected chi connectivity index (χ4v) is 4.82. The topological polar surface area (TPSA) is 68.2 Å². The molecule has 2 bridgehead atoms. The predicted octanol–water partition coefficient (Wildman–Crippen LogP) is 4.94. The Balaban J connectivity index is 1.38. The summed E-state index contributed by atoms with van der Waals surface area (Å²) in [4.78, 5) is 28.1. The van der Waals surface area contributed by atoms with Crippen LogP contribution >= 0.6 is 0 Å². The van der Waals surface area contributed by atoms with Crippen molar-refractivity contribution in [3.8, 4) is 17.3 Å². The van der Waals surface area contributed by atoms with Gasteiger partial charge in [0.15, 0.2) is 5.82 Å². The van der Waals surface area contributed by atoms with E-state index >= 15 is 0 Å². The van der Waals surface area contributed by atoms with E-state index in [4.69, 9.17) is 4.74 Å². The van der Waals surface area contributed by atoms with E-state index in [1.807, 2.05) is 30.0 Å². The number of fused-ring (bicyclic) bond motifs is 2. The smallest absolute Gasteiger partial charge is 0.417 e. The van der Waals surface area contributed by atoms with Gasteiger partial charge in [0, 0.05) is 36.3 Å². The quantitative estimate of drug-likeness (QED) is 0.531. The molecule has 0 radical (unpaired) electrons. The summed E-state index contributed by atoms with van der Waals surface area (Å²) in [6.07, 6.45) is 2.27. The summed E-state index contributed by atoms with van der Waals surface area (Å²) in [7, 11) is 0. The lowest BCUT2D eigenvalue weighted by molar-refractivity contribution is -0.137. The molecule has 34 heavy (non-hydrogen) atoms. The standard InChI is InChI=1S/C25H23F3N4O2/c1-15-3-5-20(23-29-7-2-8-30-23)21(9-15)24(33)32-18-10-16(11-18)12-19(32)14-34-22-6-4-17(13-31-22)25(26,27)28/h2-9,13,16,18-19H,10-12,14H2,1H3/t16?,18?,19-/m1/s1. The minimum atomic E-state index is -4.45. The van der Waals surface area contributed by atoms with Crippen LogP contribution in [0.15, 0.2) is 55.0 Å². The van der Waals surface area contributed by atoms with Crippen LogP contribution in [0.2, 0.25) is 0 Å². The number of amides is 1. The SMILES string of the molecule is Cc1ccc(-c2ncccn2)c(C(=O)N2C3CC(C3)C[C@@H]2COc2ccc(C(F)(F)F)cn2)c1. The molecule has 1 saturated carbocycles. The molecule has 1 atom stereocenters. The van der Waals surface area contributed by atoms with E-state index in [-0.39, 0.29) is 30.5 Å². The average molecular weight is 468 g/mol. The number of alkyl halides is 3. The summed E-state index contributed by atoms with van der Waals surface area (Å²) in [5.74, 6) is 1.01. The van der Waals surface area contributed by atoms with E-state index < -0.39 is 11.7 Å². The Bertz CT molecular complexity index is 1180. The number of aryl methyl sites for hydroxylation is 1. The molecule has 6 nitrogen and oxygen atoms in total. The van der Waals surface area contributed by atoms with Gasteiger partial charge < -0.3 is 9.64 Å². The van der Waals surface area contributed by atoms with Crippen molar-refractivity contribution < 1.29 is 22.7 Å². The van der Waals surface area contributed by atoms with E-state index in [0.717, 1.165) is 37.1 Å². The first-order valence-electron chi connectivity index (χ1n) is 11.2. The fourth-order valence-electron chi connectivity index (χ4n) is 4.82. The Labute approximate surface area is 194 Å². The second kappa shape index (κ2) is 8.70. The number of aromatic nitrogens is 3. The summed E-state index contributed by atoms with van der Waals surface area (Å²) in [5.41, 5.74) is 1.33. The zero-order valence-electron chi connectivity index (χ0n) is 18.5. The highest BCUT2D eigenvalue weighted by Crippen LogP contribution is 2.44. The average Bonchev–Trinajstić information content (AvgIpc) is 2.81. The lowest BCUT2D eigenvalue weighted by Gasteiger charge is -2.53. The fraction of sp³-hybridized carbons (Fsp3) is 0.360. The Morgan fingerprint density at radius 1 is 1.09 bits per heavy atom. The van der Waals surface area contributed by atoms with Gasteiger partial charge in [-0.25, -0.2) is 15.0 Å². The van der Waals surface area contributed by atoms with Crippen molar-refractivity contribution in [1.82, 2.24) is 19.9 Å². The summed E-state index contributed by atoms with van der Waals surface area (Å²) in [5, 5.41) is 0.